The molecular formula is C21H18BrNO3. The van der Waals surface area contributed by atoms with Crippen molar-refractivity contribution in [3.05, 3.63) is 88.9 Å². The van der Waals surface area contributed by atoms with Crippen LogP contribution in [0.5, 0.6) is 11.5 Å². The average Bonchev–Trinajstić information content (AvgIpc) is 2.66. The number of benzene rings is 3. The maximum absolute atomic E-state index is 12.3. The van der Waals surface area contributed by atoms with Gasteiger partial charge in [0.25, 0.3) is 5.91 Å². The summed E-state index contributed by atoms with van der Waals surface area (Å²) >= 11 is 3.38. The van der Waals surface area contributed by atoms with E-state index in [1.54, 1.807) is 24.3 Å². The molecule has 0 bridgehead atoms. The molecule has 0 spiro atoms. The third kappa shape index (κ3) is 5.36. The lowest BCUT2D eigenvalue weighted by molar-refractivity contribution is 0.102. The molecular weight excluding hydrogens is 394 g/mol. The second-order valence-corrected chi connectivity index (χ2v) is 6.41. The van der Waals surface area contributed by atoms with Crippen molar-refractivity contribution in [3.8, 4) is 11.5 Å². The van der Waals surface area contributed by atoms with Crippen LogP contribution in [0.3, 0.4) is 0 Å². The van der Waals surface area contributed by atoms with Crippen molar-refractivity contribution in [2.45, 2.75) is 0 Å². The highest BCUT2D eigenvalue weighted by Crippen LogP contribution is 2.18. The molecule has 0 saturated heterocycles. The summed E-state index contributed by atoms with van der Waals surface area (Å²) in [5.74, 6) is 1.35. The van der Waals surface area contributed by atoms with E-state index in [4.69, 9.17) is 9.47 Å². The van der Waals surface area contributed by atoms with Crippen molar-refractivity contribution in [2.75, 3.05) is 18.5 Å². The molecule has 4 nitrogen and oxygen atoms in total. The van der Waals surface area contributed by atoms with Crippen molar-refractivity contribution >= 4 is 27.5 Å². The van der Waals surface area contributed by atoms with E-state index in [1.807, 2.05) is 54.6 Å². The first kappa shape index (κ1) is 18.0. The predicted molar refractivity (Wildman–Crippen MR) is 106 cm³/mol. The van der Waals surface area contributed by atoms with E-state index in [-0.39, 0.29) is 5.91 Å². The van der Waals surface area contributed by atoms with Crippen LogP contribution in [-0.2, 0) is 0 Å². The van der Waals surface area contributed by atoms with Crippen molar-refractivity contribution in [2.24, 2.45) is 0 Å². The largest absolute Gasteiger partial charge is 0.490 e. The number of para-hydroxylation sites is 1. The summed E-state index contributed by atoms with van der Waals surface area (Å²) in [5.41, 5.74) is 1.31. The van der Waals surface area contributed by atoms with Crippen molar-refractivity contribution in [1.82, 2.24) is 0 Å². The first-order valence-corrected chi connectivity index (χ1v) is 8.98. The molecule has 0 radical (unpaired) electrons. The van der Waals surface area contributed by atoms with Crippen molar-refractivity contribution in [3.63, 3.8) is 0 Å². The third-order valence-electron chi connectivity index (χ3n) is 3.56. The number of halogens is 1. The van der Waals surface area contributed by atoms with Gasteiger partial charge >= 0.3 is 0 Å². The topological polar surface area (TPSA) is 47.6 Å². The molecule has 3 aromatic rings. The van der Waals surface area contributed by atoms with Crippen LogP contribution in [-0.4, -0.2) is 19.1 Å². The minimum absolute atomic E-state index is 0.165. The highest BCUT2D eigenvalue weighted by molar-refractivity contribution is 9.10. The molecule has 0 atom stereocenters. The number of hydrogen-bond donors (Lipinski definition) is 1. The summed E-state index contributed by atoms with van der Waals surface area (Å²) in [5, 5.41) is 2.86. The minimum Gasteiger partial charge on any atom is -0.490 e. The van der Waals surface area contributed by atoms with Crippen LogP contribution in [0.25, 0.3) is 0 Å². The summed E-state index contributed by atoms with van der Waals surface area (Å²) in [7, 11) is 0. The maximum atomic E-state index is 12.3. The predicted octanol–water partition coefficient (Wildman–Crippen LogP) is 5.16. The number of carbonyl (C=O) groups is 1. The zero-order valence-electron chi connectivity index (χ0n) is 14.0. The Balaban J connectivity index is 1.47. The first-order valence-electron chi connectivity index (χ1n) is 8.18. The molecule has 1 N–H and O–H groups in total. The first-order chi connectivity index (χ1) is 12.7. The summed E-state index contributed by atoms with van der Waals surface area (Å²) in [6, 6.07) is 24.1. The fraction of sp³-hybridized carbons (Fsp3) is 0.0952. The minimum atomic E-state index is -0.165. The summed E-state index contributed by atoms with van der Waals surface area (Å²) in [6.45, 7) is 0.883. The number of anilines is 1. The van der Waals surface area contributed by atoms with Gasteiger partial charge in [0.15, 0.2) is 0 Å². The highest BCUT2D eigenvalue weighted by atomic mass is 79.9. The molecule has 0 unspecified atom stereocenters. The van der Waals surface area contributed by atoms with Gasteiger partial charge in [-0.25, -0.2) is 0 Å². The van der Waals surface area contributed by atoms with Crippen LogP contribution in [0.1, 0.15) is 10.4 Å². The number of hydrogen-bond acceptors (Lipinski definition) is 3. The molecule has 132 valence electrons. The van der Waals surface area contributed by atoms with Gasteiger partial charge in [-0.05, 0) is 54.6 Å². The Morgan fingerprint density at radius 3 is 2.12 bits per heavy atom. The van der Waals surface area contributed by atoms with E-state index < -0.39 is 0 Å². The molecule has 0 fully saturated rings. The van der Waals surface area contributed by atoms with Gasteiger partial charge in [0.1, 0.15) is 24.7 Å². The number of ether oxygens (including phenoxy) is 2. The van der Waals surface area contributed by atoms with E-state index >= 15 is 0 Å². The molecule has 0 aliphatic rings. The molecule has 0 aliphatic carbocycles. The van der Waals surface area contributed by atoms with E-state index in [0.29, 0.717) is 24.5 Å². The smallest absolute Gasteiger partial charge is 0.255 e. The zero-order chi connectivity index (χ0) is 18.2. The van der Waals surface area contributed by atoms with Crippen LogP contribution in [0.15, 0.2) is 83.3 Å². The van der Waals surface area contributed by atoms with Gasteiger partial charge in [-0.2, -0.15) is 0 Å². The average molecular weight is 412 g/mol. The SMILES string of the molecule is O=C(Nc1cccc(Br)c1)c1ccc(OCCOc2ccccc2)cc1. The van der Waals surface area contributed by atoms with Gasteiger partial charge in [0, 0.05) is 15.7 Å². The number of nitrogens with one attached hydrogen (secondary N) is 1. The fourth-order valence-corrected chi connectivity index (χ4v) is 2.71. The van der Waals surface area contributed by atoms with E-state index in [0.717, 1.165) is 15.9 Å². The lowest BCUT2D eigenvalue weighted by Crippen LogP contribution is -2.12. The lowest BCUT2D eigenvalue weighted by Gasteiger charge is -2.09. The second-order valence-electron chi connectivity index (χ2n) is 5.50. The second kappa shape index (κ2) is 9.06. The Morgan fingerprint density at radius 2 is 1.46 bits per heavy atom. The number of rotatable bonds is 7. The van der Waals surface area contributed by atoms with Crippen LogP contribution in [0.4, 0.5) is 5.69 Å². The lowest BCUT2D eigenvalue weighted by atomic mass is 10.2. The Morgan fingerprint density at radius 1 is 0.808 bits per heavy atom. The van der Waals surface area contributed by atoms with Gasteiger partial charge in [-0.15, -0.1) is 0 Å². The van der Waals surface area contributed by atoms with Crippen LogP contribution in [0.2, 0.25) is 0 Å². The normalized spacial score (nSPS) is 10.2. The molecule has 3 rings (SSSR count). The van der Waals surface area contributed by atoms with Gasteiger partial charge in [-0.3, -0.25) is 4.79 Å². The van der Waals surface area contributed by atoms with Gasteiger partial charge in [0.05, 0.1) is 0 Å². The molecule has 0 aliphatic heterocycles. The van der Waals surface area contributed by atoms with Crippen LogP contribution < -0.4 is 14.8 Å². The summed E-state index contributed by atoms with van der Waals surface area (Å²) < 4.78 is 12.1. The molecule has 5 heteroatoms. The third-order valence-corrected chi connectivity index (χ3v) is 4.06. The molecule has 0 saturated carbocycles. The van der Waals surface area contributed by atoms with Crippen molar-refractivity contribution in [1.29, 1.82) is 0 Å². The Labute approximate surface area is 160 Å². The summed E-state index contributed by atoms with van der Waals surface area (Å²) in [6.07, 6.45) is 0. The fourth-order valence-electron chi connectivity index (χ4n) is 2.31. The molecule has 0 heterocycles. The number of carbonyl (C=O) groups excluding carboxylic acids is 1. The monoisotopic (exact) mass is 411 g/mol. The van der Waals surface area contributed by atoms with Crippen LogP contribution in [0, 0.1) is 0 Å². The Hall–Kier alpha value is -2.79. The Kier molecular flexibility index (Phi) is 6.28. The molecule has 1 amide bonds. The van der Waals surface area contributed by atoms with Crippen molar-refractivity contribution < 1.29 is 14.3 Å². The quantitative estimate of drug-likeness (QED) is 0.546. The highest BCUT2D eigenvalue weighted by Gasteiger charge is 2.06. The van der Waals surface area contributed by atoms with Gasteiger partial charge in [0.2, 0.25) is 0 Å². The van der Waals surface area contributed by atoms with E-state index in [9.17, 15) is 4.79 Å². The molecule has 3 aromatic carbocycles. The zero-order valence-corrected chi connectivity index (χ0v) is 15.6. The van der Waals surface area contributed by atoms with E-state index in [2.05, 4.69) is 21.2 Å². The van der Waals surface area contributed by atoms with E-state index in [1.165, 1.54) is 0 Å². The maximum Gasteiger partial charge on any atom is 0.255 e. The van der Waals surface area contributed by atoms with Crippen LogP contribution >= 0.6 is 15.9 Å². The Bertz CT molecular complexity index is 851. The molecule has 26 heavy (non-hydrogen) atoms. The number of amides is 1. The molecule has 0 aromatic heterocycles. The van der Waals surface area contributed by atoms with Gasteiger partial charge in [-0.1, -0.05) is 40.2 Å². The standard InChI is InChI=1S/C21H18BrNO3/c22-17-5-4-6-18(15-17)23-21(24)16-9-11-20(12-10-16)26-14-13-25-19-7-2-1-3-8-19/h1-12,15H,13-14H2,(H,23,24). The van der Waals surface area contributed by atoms with Gasteiger partial charge < -0.3 is 14.8 Å². The summed E-state index contributed by atoms with van der Waals surface area (Å²) in [4.78, 5) is 12.3.